The summed E-state index contributed by atoms with van der Waals surface area (Å²) >= 11 is 0. The van der Waals surface area contributed by atoms with Crippen molar-refractivity contribution >= 4 is 0 Å². The molecule has 0 bridgehead atoms. The Morgan fingerprint density at radius 2 is 1.83 bits per heavy atom. The maximum atomic E-state index is 6.32. The van der Waals surface area contributed by atoms with E-state index in [4.69, 9.17) is 5.73 Å². The van der Waals surface area contributed by atoms with Crippen LogP contribution in [0.3, 0.4) is 0 Å². The zero-order valence-corrected chi connectivity index (χ0v) is 11.8. The van der Waals surface area contributed by atoms with E-state index < -0.39 is 0 Å². The molecule has 18 heavy (non-hydrogen) atoms. The SMILES string of the molecule is CC(C)N(C)C1CC(c2ccccc2)CCC1N. The lowest BCUT2D eigenvalue weighted by Gasteiger charge is -2.41. The number of nitrogens with zero attached hydrogens (tertiary/aromatic N) is 1. The summed E-state index contributed by atoms with van der Waals surface area (Å²) in [6.45, 7) is 4.50. The van der Waals surface area contributed by atoms with Crippen LogP contribution in [0.2, 0.25) is 0 Å². The predicted octanol–water partition coefficient (Wildman–Crippen LogP) is 2.99. The largest absolute Gasteiger partial charge is 0.326 e. The van der Waals surface area contributed by atoms with Crippen LogP contribution in [-0.4, -0.2) is 30.1 Å². The third-order valence-corrected chi connectivity index (χ3v) is 4.48. The molecule has 0 aromatic heterocycles. The molecule has 1 fully saturated rings. The molecule has 0 saturated heterocycles. The van der Waals surface area contributed by atoms with Crippen molar-refractivity contribution in [3.63, 3.8) is 0 Å². The minimum absolute atomic E-state index is 0.331. The molecule has 1 aromatic rings. The van der Waals surface area contributed by atoms with Crippen molar-refractivity contribution in [1.29, 1.82) is 0 Å². The molecule has 1 saturated carbocycles. The fourth-order valence-corrected chi connectivity index (χ4v) is 3.05. The molecule has 3 unspecified atom stereocenters. The van der Waals surface area contributed by atoms with Gasteiger partial charge >= 0.3 is 0 Å². The van der Waals surface area contributed by atoms with Crippen LogP contribution in [0.5, 0.6) is 0 Å². The van der Waals surface area contributed by atoms with Gasteiger partial charge in [-0.2, -0.15) is 0 Å². The quantitative estimate of drug-likeness (QED) is 0.888. The van der Waals surface area contributed by atoms with E-state index in [1.165, 1.54) is 18.4 Å². The van der Waals surface area contributed by atoms with Gasteiger partial charge in [-0.3, -0.25) is 4.90 Å². The van der Waals surface area contributed by atoms with E-state index >= 15 is 0 Å². The van der Waals surface area contributed by atoms with Crippen molar-refractivity contribution in [2.24, 2.45) is 5.73 Å². The second kappa shape index (κ2) is 5.85. The van der Waals surface area contributed by atoms with Crippen LogP contribution in [0.1, 0.15) is 44.6 Å². The Bertz CT molecular complexity index is 361. The Morgan fingerprint density at radius 1 is 1.17 bits per heavy atom. The van der Waals surface area contributed by atoms with E-state index in [0.29, 0.717) is 24.0 Å². The molecule has 1 aromatic carbocycles. The average Bonchev–Trinajstić information content (AvgIpc) is 2.39. The van der Waals surface area contributed by atoms with Gasteiger partial charge in [0, 0.05) is 18.1 Å². The summed E-state index contributed by atoms with van der Waals surface area (Å²) in [5, 5.41) is 0. The predicted molar refractivity (Wildman–Crippen MR) is 77.7 cm³/mol. The van der Waals surface area contributed by atoms with Crippen LogP contribution in [0.15, 0.2) is 30.3 Å². The lowest BCUT2D eigenvalue weighted by Crippen LogP contribution is -2.51. The maximum absolute atomic E-state index is 6.32. The molecule has 1 aliphatic carbocycles. The normalized spacial score (nSPS) is 28.9. The molecule has 0 amide bonds. The van der Waals surface area contributed by atoms with E-state index in [0.717, 1.165) is 6.42 Å². The van der Waals surface area contributed by atoms with Gasteiger partial charge in [0.05, 0.1) is 0 Å². The molecule has 0 heterocycles. The molecule has 0 aliphatic heterocycles. The second-order valence-corrected chi connectivity index (χ2v) is 5.91. The molecule has 2 nitrogen and oxygen atoms in total. The average molecular weight is 246 g/mol. The fraction of sp³-hybridized carbons (Fsp3) is 0.625. The van der Waals surface area contributed by atoms with Gasteiger partial charge in [0.2, 0.25) is 0 Å². The first-order valence-corrected chi connectivity index (χ1v) is 7.12. The highest BCUT2D eigenvalue weighted by Crippen LogP contribution is 2.34. The van der Waals surface area contributed by atoms with Crippen molar-refractivity contribution in [2.45, 2.75) is 57.2 Å². The molecule has 1 aliphatic rings. The smallest absolute Gasteiger partial charge is 0.0252 e. The second-order valence-electron chi connectivity index (χ2n) is 5.91. The summed E-state index contributed by atoms with van der Waals surface area (Å²) in [4.78, 5) is 2.44. The Morgan fingerprint density at radius 3 is 2.44 bits per heavy atom. The lowest BCUT2D eigenvalue weighted by molar-refractivity contribution is 0.127. The summed E-state index contributed by atoms with van der Waals surface area (Å²) in [5.74, 6) is 0.678. The van der Waals surface area contributed by atoms with Crippen molar-refractivity contribution < 1.29 is 0 Å². The van der Waals surface area contributed by atoms with Crippen LogP contribution in [0, 0.1) is 0 Å². The van der Waals surface area contributed by atoms with Crippen molar-refractivity contribution in [1.82, 2.24) is 4.90 Å². The minimum atomic E-state index is 0.331. The molecule has 2 heteroatoms. The highest BCUT2D eigenvalue weighted by Gasteiger charge is 2.32. The number of nitrogens with two attached hydrogens (primary N) is 1. The van der Waals surface area contributed by atoms with E-state index in [9.17, 15) is 0 Å². The van der Waals surface area contributed by atoms with Gasteiger partial charge in [0.1, 0.15) is 0 Å². The number of hydrogen-bond acceptors (Lipinski definition) is 2. The summed E-state index contributed by atoms with van der Waals surface area (Å²) in [6.07, 6.45) is 3.56. The first kappa shape index (κ1) is 13.6. The van der Waals surface area contributed by atoms with Crippen LogP contribution < -0.4 is 5.73 Å². The topological polar surface area (TPSA) is 29.3 Å². The van der Waals surface area contributed by atoms with Crippen molar-refractivity contribution in [2.75, 3.05) is 7.05 Å². The van der Waals surface area contributed by atoms with E-state index in [2.05, 4.69) is 56.1 Å². The Balaban J connectivity index is 2.09. The molecule has 100 valence electrons. The van der Waals surface area contributed by atoms with Gasteiger partial charge < -0.3 is 5.73 Å². The zero-order chi connectivity index (χ0) is 13.1. The number of likely N-dealkylation sites (N-methyl/N-ethyl adjacent to an activating group) is 1. The fourth-order valence-electron chi connectivity index (χ4n) is 3.05. The van der Waals surface area contributed by atoms with Crippen molar-refractivity contribution in [3.05, 3.63) is 35.9 Å². The number of rotatable bonds is 3. The molecule has 2 rings (SSSR count). The third kappa shape index (κ3) is 2.93. The van der Waals surface area contributed by atoms with E-state index in [1.807, 2.05) is 0 Å². The molecule has 2 N–H and O–H groups in total. The molecular weight excluding hydrogens is 220 g/mol. The standard InChI is InChI=1S/C16H26N2/c1-12(2)18(3)16-11-14(9-10-15(16)17)13-7-5-4-6-8-13/h4-8,12,14-16H,9-11,17H2,1-3H3. The van der Waals surface area contributed by atoms with E-state index in [-0.39, 0.29) is 0 Å². The highest BCUT2D eigenvalue weighted by molar-refractivity contribution is 5.20. The van der Waals surface area contributed by atoms with Crippen LogP contribution in [0.4, 0.5) is 0 Å². The Hall–Kier alpha value is -0.860. The first-order chi connectivity index (χ1) is 8.59. The van der Waals surface area contributed by atoms with Crippen molar-refractivity contribution in [3.8, 4) is 0 Å². The molecule has 0 spiro atoms. The van der Waals surface area contributed by atoms with Gasteiger partial charge in [-0.05, 0) is 51.6 Å². The van der Waals surface area contributed by atoms with Gasteiger partial charge in [-0.1, -0.05) is 30.3 Å². The minimum Gasteiger partial charge on any atom is -0.326 e. The third-order valence-electron chi connectivity index (χ3n) is 4.48. The van der Waals surface area contributed by atoms with Gasteiger partial charge in [0.15, 0.2) is 0 Å². The molecule has 0 radical (unpaired) electrons. The number of benzene rings is 1. The van der Waals surface area contributed by atoms with Crippen LogP contribution in [-0.2, 0) is 0 Å². The molecular formula is C16H26N2. The maximum Gasteiger partial charge on any atom is 0.0252 e. The summed E-state index contributed by atoms with van der Waals surface area (Å²) < 4.78 is 0. The summed E-state index contributed by atoms with van der Waals surface area (Å²) in [6, 6.07) is 12.3. The highest BCUT2D eigenvalue weighted by atomic mass is 15.2. The lowest BCUT2D eigenvalue weighted by atomic mass is 9.78. The molecule has 3 atom stereocenters. The summed E-state index contributed by atoms with van der Waals surface area (Å²) in [5.41, 5.74) is 7.79. The Kier molecular flexibility index (Phi) is 4.41. The van der Waals surface area contributed by atoms with E-state index in [1.54, 1.807) is 0 Å². The monoisotopic (exact) mass is 246 g/mol. The van der Waals surface area contributed by atoms with Crippen LogP contribution >= 0.6 is 0 Å². The van der Waals surface area contributed by atoms with Gasteiger partial charge in [0.25, 0.3) is 0 Å². The van der Waals surface area contributed by atoms with Gasteiger partial charge in [-0.15, -0.1) is 0 Å². The van der Waals surface area contributed by atoms with Crippen LogP contribution in [0.25, 0.3) is 0 Å². The van der Waals surface area contributed by atoms with Gasteiger partial charge in [-0.25, -0.2) is 0 Å². The zero-order valence-electron chi connectivity index (χ0n) is 11.8. The number of hydrogen-bond donors (Lipinski definition) is 1. The summed E-state index contributed by atoms with van der Waals surface area (Å²) in [7, 11) is 2.21. The first-order valence-electron chi connectivity index (χ1n) is 7.12. The Labute approximate surface area is 111 Å².